The van der Waals surface area contributed by atoms with Crippen molar-refractivity contribution in [3.8, 4) is 0 Å². The first-order chi connectivity index (χ1) is 10.9. The molecule has 0 saturated heterocycles. The predicted octanol–water partition coefficient (Wildman–Crippen LogP) is 5.00. The number of benzene rings is 1. The van der Waals surface area contributed by atoms with Crippen LogP contribution in [0.1, 0.15) is 57.4 Å². The summed E-state index contributed by atoms with van der Waals surface area (Å²) in [4.78, 5) is 2.21. The Bertz CT molecular complexity index is 604. The Morgan fingerprint density at radius 2 is 1.74 bits per heavy atom. The number of hydrogen-bond donors (Lipinski definition) is 1. The lowest BCUT2D eigenvalue weighted by Crippen LogP contribution is -2.21. The molecule has 0 spiro atoms. The second kappa shape index (κ2) is 10.9. The van der Waals surface area contributed by atoms with Crippen molar-refractivity contribution >= 4 is 39.4 Å². The molecule has 1 aromatic rings. The molecule has 0 unspecified atom stereocenters. The molecule has 0 fully saturated rings. The molecule has 0 radical (unpaired) electrons. The van der Waals surface area contributed by atoms with Crippen LogP contribution in [0.4, 0.5) is 0 Å². The van der Waals surface area contributed by atoms with E-state index in [1.807, 2.05) is 0 Å². The van der Waals surface area contributed by atoms with Crippen molar-refractivity contribution in [3.05, 3.63) is 33.8 Å². The van der Waals surface area contributed by atoms with E-state index < -0.39 is 10.0 Å². The quantitative estimate of drug-likeness (QED) is 0.334. The maximum atomic E-state index is 11.8. The van der Waals surface area contributed by atoms with Crippen molar-refractivity contribution in [2.45, 2.75) is 51.9 Å². The lowest BCUT2D eigenvalue weighted by molar-refractivity contribution is 0.570. The van der Waals surface area contributed by atoms with Crippen molar-refractivity contribution in [1.29, 1.82) is 0 Å². The average molecular weight is 379 g/mol. The van der Waals surface area contributed by atoms with Crippen LogP contribution in [0.3, 0.4) is 0 Å². The molecule has 0 saturated carbocycles. The van der Waals surface area contributed by atoms with E-state index in [4.69, 9.17) is 23.2 Å². The van der Waals surface area contributed by atoms with Crippen LogP contribution in [0, 0.1) is 0 Å². The molecule has 0 bridgehead atoms. The molecular formula is C16H24Cl2N2O2S. The Morgan fingerprint density at radius 1 is 1.09 bits per heavy atom. The molecule has 130 valence electrons. The Hall–Kier alpha value is -0.780. The van der Waals surface area contributed by atoms with Crippen LogP contribution < -0.4 is 4.83 Å². The number of nitrogens with zero attached hydrogens (tertiary/aromatic N) is 1. The van der Waals surface area contributed by atoms with Crippen molar-refractivity contribution < 1.29 is 8.42 Å². The first kappa shape index (κ1) is 20.3. The van der Waals surface area contributed by atoms with Crippen LogP contribution in [0.2, 0.25) is 10.0 Å². The van der Waals surface area contributed by atoms with Gasteiger partial charge in [0.15, 0.2) is 0 Å². The number of hydrogen-bond acceptors (Lipinski definition) is 3. The van der Waals surface area contributed by atoms with Crippen LogP contribution in [-0.4, -0.2) is 20.4 Å². The van der Waals surface area contributed by atoms with Gasteiger partial charge in [0, 0.05) is 10.6 Å². The first-order valence-electron chi connectivity index (χ1n) is 7.92. The molecule has 0 aliphatic carbocycles. The summed E-state index contributed by atoms with van der Waals surface area (Å²) in [5.41, 5.74) is 0.606. The number of hydrazone groups is 1. The van der Waals surface area contributed by atoms with E-state index in [1.54, 1.807) is 18.2 Å². The largest absolute Gasteiger partial charge is 0.247 e. The van der Waals surface area contributed by atoms with Gasteiger partial charge < -0.3 is 0 Å². The van der Waals surface area contributed by atoms with Crippen molar-refractivity contribution in [1.82, 2.24) is 4.83 Å². The van der Waals surface area contributed by atoms with E-state index in [-0.39, 0.29) is 5.75 Å². The summed E-state index contributed by atoms with van der Waals surface area (Å²) in [5, 5.41) is 4.70. The molecular weight excluding hydrogens is 355 g/mol. The highest BCUT2D eigenvalue weighted by Crippen LogP contribution is 2.19. The zero-order valence-corrected chi connectivity index (χ0v) is 15.7. The zero-order valence-electron chi connectivity index (χ0n) is 13.4. The van der Waals surface area contributed by atoms with E-state index in [0.29, 0.717) is 22.0 Å². The van der Waals surface area contributed by atoms with Crippen molar-refractivity contribution in [3.63, 3.8) is 0 Å². The molecule has 0 aliphatic heterocycles. The van der Waals surface area contributed by atoms with Gasteiger partial charge in [-0.15, -0.1) is 0 Å². The van der Waals surface area contributed by atoms with Crippen LogP contribution in [0.5, 0.6) is 0 Å². The van der Waals surface area contributed by atoms with Crippen LogP contribution in [0.15, 0.2) is 23.3 Å². The molecule has 1 rings (SSSR count). The Balaban J connectivity index is 2.30. The molecule has 0 amide bonds. The maximum absolute atomic E-state index is 11.8. The maximum Gasteiger partial charge on any atom is 0.247 e. The fourth-order valence-electron chi connectivity index (χ4n) is 2.08. The topological polar surface area (TPSA) is 58.5 Å². The van der Waals surface area contributed by atoms with E-state index in [1.165, 1.54) is 31.9 Å². The van der Waals surface area contributed by atoms with Gasteiger partial charge in [-0.3, -0.25) is 0 Å². The molecule has 1 N–H and O–H groups in total. The smallest absolute Gasteiger partial charge is 0.205 e. The van der Waals surface area contributed by atoms with Gasteiger partial charge in [0.05, 0.1) is 17.0 Å². The third kappa shape index (κ3) is 9.18. The second-order valence-corrected chi connectivity index (χ2v) is 8.12. The van der Waals surface area contributed by atoms with Gasteiger partial charge in [0.25, 0.3) is 0 Å². The fourth-order valence-corrected chi connectivity index (χ4v) is 3.42. The third-order valence-corrected chi connectivity index (χ3v) is 5.15. The van der Waals surface area contributed by atoms with Gasteiger partial charge in [-0.05, 0) is 18.6 Å². The summed E-state index contributed by atoms with van der Waals surface area (Å²) in [6.45, 7) is 2.18. The monoisotopic (exact) mass is 378 g/mol. The fraction of sp³-hybridized carbons (Fsp3) is 0.562. The third-order valence-electron chi connectivity index (χ3n) is 3.37. The number of sulfonamides is 1. The van der Waals surface area contributed by atoms with Gasteiger partial charge in [0.2, 0.25) is 10.0 Å². The molecule has 4 nitrogen and oxygen atoms in total. The van der Waals surface area contributed by atoms with Gasteiger partial charge in [-0.1, -0.05) is 74.7 Å². The summed E-state index contributed by atoms with van der Waals surface area (Å²) in [7, 11) is -3.39. The number of unbranched alkanes of at least 4 members (excludes halogenated alkanes) is 6. The normalized spacial score (nSPS) is 12.0. The van der Waals surface area contributed by atoms with Gasteiger partial charge >= 0.3 is 0 Å². The first-order valence-corrected chi connectivity index (χ1v) is 10.3. The molecule has 7 heteroatoms. The predicted molar refractivity (Wildman–Crippen MR) is 99.0 cm³/mol. The minimum atomic E-state index is -3.39. The second-order valence-electron chi connectivity index (χ2n) is 5.46. The van der Waals surface area contributed by atoms with Crippen molar-refractivity contribution in [2.24, 2.45) is 5.10 Å². The van der Waals surface area contributed by atoms with Crippen molar-refractivity contribution in [2.75, 3.05) is 5.75 Å². The zero-order chi connectivity index (χ0) is 17.1. The molecule has 0 aliphatic rings. The lowest BCUT2D eigenvalue weighted by Gasteiger charge is -2.04. The Morgan fingerprint density at radius 3 is 2.39 bits per heavy atom. The summed E-state index contributed by atoms with van der Waals surface area (Å²) < 4.78 is 23.6. The molecule has 0 atom stereocenters. The SMILES string of the molecule is CCCCCCCCCS(=O)(=O)N/N=C\c1ccc(Cl)cc1Cl. The summed E-state index contributed by atoms with van der Waals surface area (Å²) in [6.07, 6.45) is 8.91. The van der Waals surface area contributed by atoms with Crippen LogP contribution >= 0.6 is 23.2 Å². The summed E-state index contributed by atoms with van der Waals surface area (Å²) >= 11 is 11.8. The lowest BCUT2D eigenvalue weighted by atomic mass is 10.1. The number of nitrogens with one attached hydrogen (secondary N) is 1. The molecule has 0 aromatic heterocycles. The minimum Gasteiger partial charge on any atom is -0.205 e. The van der Waals surface area contributed by atoms with E-state index in [9.17, 15) is 8.42 Å². The minimum absolute atomic E-state index is 0.0897. The highest BCUT2D eigenvalue weighted by atomic mass is 35.5. The van der Waals surface area contributed by atoms with Gasteiger partial charge in [0.1, 0.15) is 0 Å². The number of rotatable bonds is 11. The molecule has 0 heterocycles. The Kier molecular flexibility index (Phi) is 9.60. The summed E-state index contributed by atoms with van der Waals surface area (Å²) in [6, 6.07) is 4.93. The van der Waals surface area contributed by atoms with E-state index >= 15 is 0 Å². The summed E-state index contributed by atoms with van der Waals surface area (Å²) in [5.74, 6) is 0.0897. The standard InChI is InChI=1S/C16H24Cl2N2O2S/c1-2-3-4-5-6-7-8-11-23(21,22)20-19-13-14-9-10-15(17)12-16(14)18/h9-10,12-13,20H,2-8,11H2,1H3/b19-13-. The van der Waals surface area contributed by atoms with E-state index in [0.717, 1.165) is 12.8 Å². The van der Waals surface area contributed by atoms with Gasteiger partial charge in [-0.25, -0.2) is 13.2 Å². The highest BCUT2D eigenvalue weighted by molar-refractivity contribution is 7.89. The molecule has 1 aromatic carbocycles. The van der Waals surface area contributed by atoms with Crippen LogP contribution in [-0.2, 0) is 10.0 Å². The Labute approximate surface area is 149 Å². The van der Waals surface area contributed by atoms with Gasteiger partial charge in [-0.2, -0.15) is 5.10 Å². The highest BCUT2D eigenvalue weighted by Gasteiger charge is 2.07. The average Bonchev–Trinajstić information content (AvgIpc) is 2.48. The van der Waals surface area contributed by atoms with Crippen LogP contribution in [0.25, 0.3) is 0 Å². The number of halogens is 2. The van der Waals surface area contributed by atoms with E-state index in [2.05, 4.69) is 16.9 Å². The molecule has 23 heavy (non-hydrogen) atoms.